The molecule has 0 unspecified atom stereocenters. The van der Waals surface area contributed by atoms with E-state index in [4.69, 9.17) is 27.9 Å². The van der Waals surface area contributed by atoms with Crippen LogP contribution in [0.15, 0.2) is 12.1 Å². The third kappa shape index (κ3) is 2.07. The Morgan fingerprint density at radius 1 is 1.29 bits per heavy atom. The van der Waals surface area contributed by atoms with Crippen molar-refractivity contribution in [2.24, 2.45) is 0 Å². The minimum Gasteiger partial charge on any atom is -0.495 e. The highest BCUT2D eigenvalue weighted by Crippen LogP contribution is 2.38. The molecule has 0 bridgehead atoms. The molecule has 1 aromatic carbocycles. The maximum absolute atomic E-state index is 6.10. The van der Waals surface area contributed by atoms with E-state index in [-0.39, 0.29) is 0 Å². The average Bonchev–Trinajstić information content (AvgIpc) is 2.21. The summed E-state index contributed by atoms with van der Waals surface area (Å²) in [5, 5.41) is 1.00. The molecule has 0 radical (unpaired) electrons. The molecule has 0 atom stereocenters. The van der Waals surface area contributed by atoms with Crippen LogP contribution in [-0.2, 0) is 0 Å². The van der Waals surface area contributed by atoms with Gasteiger partial charge in [-0.1, -0.05) is 23.2 Å². The Bertz CT molecular complexity index is 328. The normalized spacial score (nSPS) is 10.1. The van der Waals surface area contributed by atoms with Crippen LogP contribution in [0.1, 0.15) is 6.92 Å². The van der Waals surface area contributed by atoms with Gasteiger partial charge in [-0.05, 0) is 19.1 Å². The molecule has 0 amide bonds. The molecule has 0 saturated heterocycles. The SMILES string of the molecule is CCN(C)c1ccc(OC)c(Cl)c1Cl. The van der Waals surface area contributed by atoms with Crippen molar-refractivity contribution in [3.05, 3.63) is 22.2 Å². The van der Waals surface area contributed by atoms with Crippen LogP contribution in [0.2, 0.25) is 10.0 Å². The Morgan fingerprint density at radius 2 is 1.93 bits per heavy atom. The molecule has 14 heavy (non-hydrogen) atoms. The maximum Gasteiger partial charge on any atom is 0.139 e. The Labute approximate surface area is 94.4 Å². The van der Waals surface area contributed by atoms with Gasteiger partial charge in [0, 0.05) is 13.6 Å². The number of methoxy groups -OCH3 is 1. The molecule has 0 aliphatic carbocycles. The molecule has 1 rings (SSSR count). The van der Waals surface area contributed by atoms with Crippen molar-refractivity contribution >= 4 is 28.9 Å². The lowest BCUT2D eigenvalue weighted by Gasteiger charge is -2.19. The minimum atomic E-state index is 0.465. The van der Waals surface area contributed by atoms with Gasteiger partial charge < -0.3 is 9.64 Å². The number of nitrogens with zero attached hydrogens (tertiary/aromatic N) is 1. The number of rotatable bonds is 3. The van der Waals surface area contributed by atoms with E-state index in [0.29, 0.717) is 15.8 Å². The van der Waals surface area contributed by atoms with Crippen molar-refractivity contribution in [2.45, 2.75) is 6.92 Å². The van der Waals surface area contributed by atoms with Crippen molar-refractivity contribution in [1.29, 1.82) is 0 Å². The van der Waals surface area contributed by atoms with E-state index < -0.39 is 0 Å². The van der Waals surface area contributed by atoms with Gasteiger partial charge in [0.05, 0.1) is 17.8 Å². The first-order valence-corrected chi connectivity index (χ1v) is 5.10. The quantitative estimate of drug-likeness (QED) is 0.794. The standard InChI is InChI=1S/C10H13Cl2NO/c1-4-13(2)7-5-6-8(14-3)10(12)9(7)11/h5-6H,4H2,1-3H3. The number of benzene rings is 1. The van der Waals surface area contributed by atoms with Gasteiger partial charge in [-0.3, -0.25) is 0 Å². The third-order valence-corrected chi connectivity index (χ3v) is 2.99. The Morgan fingerprint density at radius 3 is 2.43 bits per heavy atom. The smallest absolute Gasteiger partial charge is 0.139 e. The van der Waals surface area contributed by atoms with Gasteiger partial charge in [0.25, 0.3) is 0 Å². The summed E-state index contributed by atoms with van der Waals surface area (Å²) in [5.74, 6) is 0.602. The molecular formula is C10H13Cl2NO. The van der Waals surface area contributed by atoms with Gasteiger partial charge in [0.2, 0.25) is 0 Å². The molecule has 0 aromatic heterocycles. The first-order valence-electron chi connectivity index (χ1n) is 4.35. The lowest BCUT2D eigenvalue weighted by atomic mass is 10.2. The van der Waals surface area contributed by atoms with Crippen molar-refractivity contribution in [3.63, 3.8) is 0 Å². The monoisotopic (exact) mass is 233 g/mol. The second kappa shape index (κ2) is 4.76. The van der Waals surface area contributed by atoms with E-state index in [1.807, 2.05) is 24.1 Å². The van der Waals surface area contributed by atoms with Crippen LogP contribution in [-0.4, -0.2) is 20.7 Å². The average molecular weight is 234 g/mol. The number of halogens is 2. The predicted molar refractivity (Wildman–Crippen MR) is 62.0 cm³/mol. The lowest BCUT2D eigenvalue weighted by molar-refractivity contribution is 0.415. The van der Waals surface area contributed by atoms with Crippen LogP contribution in [0.3, 0.4) is 0 Å². The maximum atomic E-state index is 6.10. The Kier molecular flexibility index (Phi) is 3.90. The van der Waals surface area contributed by atoms with E-state index in [9.17, 15) is 0 Å². The van der Waals surface area contributed by atoms with Crippen LogP contribution in [0.5, 0.6) is 5.75 Å². The van der Waals surface area contributed by atoms with E-state index >= 15 is 0 Å². The zero-order valence-electron chi connectivity index (χ0n) is 8.47. The molecule has 0 heterocycles. The van der Waals surface area contributed by atoms with E-state index in [0.717, 1.165) is 12.2 Å². The number of hydrogen-bond acceptors (Lipinski definition) is 2. The van der Waals surface area contributed by atoms with Crippen LogP contribution >= 0.6 is 23.2 Å². The van der Waals surface area contributed by atoms with E-state index in [1.54, 1.807) is 7.11 Å². The molecule has 2 nitrogen and oxygen atoms in total. The van der Waals surface area contributed by atoms with Crippen LogP contribution in [0.4, 0.5) is 5.69 Å². The second-order valence-electron chi connectivity index (χ2n) is 2.93. The van der Waals surface area contributed by atoms with Crippen molar-refractivity contribution in [1.82, 2.24) is 0 Å². The first-order chi connectivity index (χ1) is 6.61. The van der Waals surface area contributed by atoms with Gasteiger partial charge in [-0.25, -0.2) is 0 Å². The summed E-state index contributed by atoms with van der Waals surface area (Å²) < 4.78 is 5.06. The molecule has 0 spiro atoms. The number of hydrogen-bond donors (Lipinski definition) is 0. The van der Waals surface area contributed by atoms with Crippen molar-refractivity contribution < 1.29 is 4.74 Å². The molecule has 0 N–H and O–H groups in total. The van der Waals surface area contributed by atoms with Crippen LogP contribution < -0.4 is 9.64 Å². The summed E-state index contributed by atoms with van der Waals surface area (Å²) in [4.78, 5) is 2.02. The largest absolute Gasteiger partial charge is 0.495 e. The predicted octanol–water partition coefficient (Wildman–Crippen LogP) is 3.46. The van der Waals surface area contributed by atoms with E-state index in [1.165, 1.54) is 0 Å². The van der Waals surface area contributed by atoms with Gasteiger partial charge in [0.1, 0.15) is 10.8 Å². The highest BCUT2D eigenvalue weighted by molar-refractivity contribution is 6.44. The van der Waals surface area contributed by atoms with Gasteiger partial charge in [-0.15, -0.1) is 0 Å². The summed E-state index contributed by atoms with van der Waals surface area (Å²) in [5.41, 5.74) is 0.917. The molecule has 0 aliphatic rings. The fourth-order valence-electron chi connectivity index (χ4n) is 1.14. The number of anilines is 1. The van der Waals surface area contributed by atoms with Gasteiger partial charge >= 0.3 is 0 Å². The first kappa shape index (κ1) is 11.5. The molecule has 78 valence electrons. The molecule has 0 saturated carbocycles. The van der Waals surface area contributed by atoms with Crippen molar-refractivity contribution in [3.8, 4) is 5.75 Å². The highest BCUT2D eigenvalue weighted by atomic mass is 35.5. The van der Waals surface area contributed by atoms with Gasteiger partial charge in [0.15, 0.2) is 0 Å². The molecule has 0 fully saturated rings. The Hall–Kier alpha value is -0.600. The zero-order valence-corrected chi connectivity index (χ0v) is 9.99. The number of ether oxygens (including phenoxy) is 1. The summed E-state index contributed by atoms with van der Waals surface area (Å²) in [7, 11) is 3.53. The molecule has 0 aliphatic heterocycles. The third-order valence-electron chi connectivity index (χ3n) is 2.13. The van der Waals surface area contributed by atoms with Gasteiger partial charge in [-0.2, -0.15) is 0 Å². The Balaban J connectivity index is 3.17. The van der Waals surface area contributed by atoms with Crippen LogP contribution in [0, 0.1) is 0 Å². The molecular weight excluding hydrogens is 221 g/mol. The summed E-state index contributed by atoms with van der Waals surface area (Å²) in [6, 6.07) is 3.71. The summed E-state index contributed by atoms with van der Waals surface area (Å²) >= 11 is 12.1. The summed E-state index contributed by atoms with van der Waals surface area (Å²) in [6.07, 6.45) is 0. The highest BCUT2D eigenvalue weighted by Gasteiger charge is 2.12. The minimum absolute atomic E-state index is 0.465. The second-order valence-corrected chi connectivity index (χ2v) is 3.69. The zero-order chi connectivity index (χ0) is 10.7. The fourth-order valence-corrected chi connectivity index (χ4v) is 1.68. The lowest BCUT2D eigenvalue weighted by Crippen LogP contribution is -2.16. The van der Waals surface area contributed by atoms with E-state index in [2.05, 4.69) is 6.92 Å². The summed E-state index contributed by atoms with van der Waals surface area (Å²) in [6.45, 7) is 2.93. The topological polar surface area (TPSA) is 12.5 Å². The molecule has 4 heteroatoms. The molecule has 1 aromatic rings. The van der Waals surface area contributed by atoms with Crippen molar-refractivity contribution in [2.75, 3.05) is 25.6 Å². The van der Waals surface area contributed by atoms with Crippen LogP contribution in [0.25, 0.3) is 0 Å². The fraction of sp³-hybridized carbons (Fsp3) is 0.400.